The summed E-state index contributed by atoms with van der Waals surface area (Å²) < 4.78 is 0. The molecule has 0 atom stereocenters. The van der Waals surface area contributed by atoms with Gasteiger partial charge in [-0.1, -0.05) is 6.07 Å². The predicted octanol–water partition coefficient (Wildman–Crippen LogP) is 1.87. The minimum absolute atomic E-state index is 0. The highest BCUT2D eigenvalue weighted by molar-refractivity contribution is 14.0. The zero-order chi connectivity index (χ0) is 14.2. The van der Waals surface area contributed by atoms with Crippen LogP contribution in [0.4, 0.5) is 0 Å². The van der Waals surface area contributed by atoms with Crippen LogP contribution in [0.5, 0.6) is 0 Å². The van der Waals surface area contributed by atoms with Crippen LogP contribution in [-0.4, -0.2) is 31.0 Å². The lowest BCUT2D eigenvalue weighted by molar-refractivity contribution is -0.121. The number of nitrogens with two attached hydrogens (primary N) is 1. The number of thiophene rings is 1. The molecule has 1 aliphatic carbocycles. The molecule has 1 amide bonds. The van der Waals surface area contributed by atoms with Crippen LogP contribution in [0.1, 0.15) is 30.6 Å². The number of nitrogens with one attached hydrogen (secondary N) is 2. The number of hydrogen-bond acceptors (Lipinski definition) is 3. The summed E-state index contributed by atoms with van der Waals surface area (Å²) in [5.41, 5.74) is 5.76. The standard InChI is InChI=1S/C14H22N4OS.HI/c15-14(17-9-7-12-3-2-10-20-12)16-8-1-4-13(19)18-11-5-6-11;/h2-3,10-11H,1,4-9H2,(H,18,19)(H3,15,16,17);1H. The molecule has 0 spiro atoms. The summed E-state index contributed by atoms with van der Waals surface area (Å²) in [5.74, 6) is 0.594. The Morgan fingerprint density at radius 1 is 1.48 bits per heavy atom. The minimum Gasteiger partial charge on any atom is -0.370 e. The number of guanidine groups is 1. The van der Waals surface area contributed by atoms with Gasteiger partial charge in [-0.2, -0.15) is 0 Å². The number of rotatable bonds is 8. The van der Waals surface area contributed by atoms with Crippen molar-refractivity contribution in [2.24, 2.45) is 10.7 Å². The maximum atomic E-state index is 11.4. The van der Waals surface area contributed by atoms with Gasteiger partial charge in [-0.3, -0.25) is 9.79 Å². The Morgan fingerprint density at radius 3 is 2.95 bits per heavy atom. The van der Waals surface area contributed by atoms with Crippen molar-refractivity contribution in [2.45, 2.75) is 38.1 Å². The smallest absolute Gasteiger partial charge is 0.220 e. The van der Waals surface area contributed by atoms with Crippen molar-refractivity contribution >= 4 is 47.2 Å². The Morgan fingerprint density at radius 2 is 2.29 bits per heavy atom. The van der Waals surface area contributed by atoms with Gasteiger partial charge in [0.1, 0.15) is 0 Å². The van der Waals surface area contributed by atoms with E-state index in [-0.39, 0.29) is 29.9 Å². The van der Waals surface area contributed by atoms with Crippen LogP contribution in [0.15, 0.2) is 22.5 Å². The molecule has 4 N–H and O–H groups in total. The van der Waals surface area contributed by atoms with E-state index in [4.69, 9.17) is 5.73 Å². The van der Waals surface area contributed by atoms with Crippen molar-refractivity contribution < 1.29 is 4.79 Å². The Hall–Kier alpha value is -0.830. The Kier molecular flexibility index (Phi) is 8.67. The number of halogens is 1. The van der Waals surface area contributed by atoms with E-state index in [0.29, 0.717) is 25.0 Å². The van der Waals surface area contributed by atoms with E-state index in [1.165, 1.54) is 4.88 Å². The summed E-state index contributed by atoms with van der Waals surface area (Å²) in [6, 6.07) is 4.59. The molecule has 1 fully saturated rings. The monoisotopic (exact) mass is 422 g/mol. The highest BCUT2D eigenvalue weighted by Crippen LogP contribution is 2.18. The zero-order valence-electron chi connectivity index (χ0n) is 12.0. The molecular formula is C14H23IN4OS. The van der Waals surface area contributed by atoms with Crippen LogP contribution in [0.3, 0.4) is 0 Å². The van der Waals surface area contributed by atoms with Crippen molar-refractivity contribution in [3.05, 3.63) is 22.4 Å². The van der Waals surface area contributed by atoms with Gasteiger partial charge in [0.25, 0.3) is 0 Å². The van der Waals surface area contributed by atoms with Gasteiger partial charge in [-0.15, -0.1) is 35.3 Å². The third-order valence-electron chi connectivity index (χ3n) is 3.04. The lowest BCUT2D eigenvalue weighted by atomic mass is 10.3. The van der Waals surface area contributed by atoms with Crippen LogP contribution in [-0.2, 0) is 11.2 Å². The fourth-order valence-corrected chi connectivity index (χ4v) is 2.50. The van der Waals surface area contributed by atoms with Gasteiger partial charge in [0, 0.05) is 30.4 Å². The highest BCUT2D eigenvalue weighted by atomic mass is 127. The predicted molar refractivity (Wildman–Crippen MR) is 98.3 cm³/mol. The number of amides is 1. The van der Waals surface area contributed by atoms with E-state index in [2.05, 4.69) is 27.1 Å². The van der Waals surface area contributed by atoms with Crippen molar-refractivity contribution in [3.63, 3.8) is 0 Å². The molecule has 0 bridgehead atoms. The van der Waals surface area contributed by atoms with Gasteiger partial charge in [0.05, 0.1) is 0 Å². The number of aliphatic imine (C=N–C) groups is 1. The maximum Gasteiger partial charge on any atom is 0.220 e. The first kappa shape index (κ1) is 18.2. The number of nitrogens with zero attached hydrogens (tertiary/aromatic N) is 1. The quantitative estimate of drug-likeness (QED) is 0.259. The fourth-order valence-electron chi connectivity index (χ4n) is 1.79. The second-order valence-corrected chi connectivity index (χ2v) is 6.00. The summed E-state index contributed by atoms with van der Waals surface area (Å²) in [5, 5.41) is 8.11. The molecule has 0 radical (unpaired) electrons. The molecule has 1 saturated carbocycles. The van der Waals surface area contributed by atoms with Crippen LogP contribution in [0, 0.1) is 0 Å². The van der Waals surface area contributed by atoms with Gasteiger partial charge < -0.3 is 16.4 Å². The molecule has 0 aromatic carbocycles. The lowest BCUT2D eigenvalue weighted by Crippen LogP contribution is -2.33. The molecule has 21 heavy (non-hydrogen) atoms. The second kappa shape index (κ2) is 9.99. The first-order chi connectivity index (χ1) is 9.74. The maximum absolute atomic E-state index is 11.4. The van der Waals surface area contributed by atoms with E-state index in [0.717, 1.165) is 32.2 Å². The third kappa shape index (κ3) is 8.25. The van der Waals surface area contributed by atoms with Crippen LogP contribution in [0.2, 0.25) is 0 Å². The Bertz CT molecular complexity index is 446. The van der Waals surface area contributed by atoms with E-state index in [9.17, 15) is 4.79 Å². The minimum atomic E-state index is 0. The summed E-state index contributed by atoms with van der Waals surface area (Å²) in [6.07, 6.45) is 4.49. The van der Waals surface area contributed by atoms with Gasteiger partial charge in [-0.25, -0.2) is 0 Å². The molecular weight excluding hydrogens is 399 g/mol. The third-order valence-corrected chi connectivity index (χ3v) is 3.98. The molecule has 7 heteroatoms. The summed E-state index contributed by atoms with van der Waals surface area (Å²) >= 11 is 1.74. The molecule has 5 nitrogen and oxygen atoms in total. The topological polar surface area (TPSA) is 79.5 Å². The average molecular weight is 422 g/mol. The van der Waals surface area contributed by atoms with Crippen LogP contribution in [0.25, 0.3) is 0 Å². The molecule has 1 aliphatic rings. The van der Waals surface area contributed by atoms with Crippen molar-refractivity contribution in [2.75, 3.05) is 13.1 Å². The normalized spacial score (nSPS) is 14.4. The molecule has 2 rings (SSSR count). The molecule has 0 saturated heterocycles. The Balaban J connectivity index is 0.00000220. The zero-order valence-corrected chi connectivity index (χ0v) is 15.2. The molecule has 1 aromatic rings. The molecule has 0 unspecified atom stereocenters. The summed E-state index contributed by atoms with van der Waals surface area (Å²) in [6.45, 7) is 1.38. The van der Waals surface area contributed by atoms with Crippen molar-refractivity contribution in [3.8, 4) is 0 Å². The first-order valence-corrected chi connectivity index (χ1v) is 7.97. The number of carbonyl (C=O) groups is 1. The molecule has 0 aliphatic heterocycles. The molecule has 1 aromatic heterocycles. The van der Waals surface area contributed by atoms with Crippen molar-refractivity contribution in [1.82, 2.24) is 10.6 Å². The first-order valence-electron chi connectivity index (χ1n) is 7.09. The number of hydrogen-bond donors (Lipinski definition) is 3. The van der Waals surface area contributed by atoms with Gasteiger partial charge in [0.15, 0.2) is 5.96 Å². The molecule has 1 heterocycles. The van der Waals surface area contributed by atoms with E-state index >= 15 is 0 Å². The van der Waals surface area contributed by atoms with Gasteiger partial charge in [-0.05, 0) is 37.1 Å². The lowest BCUT2D eigenvalue weighted by Gasteiger charge is -2.05. The number of carbonyl (C=O) groups excluding carboxylic acids is 1. The fraction of sp³-hybridized carbons (Fsp3) is 0.571. The average Bonchev–Trinajstić information content (AvgIpc) is 3.07. The van der Waals surface area contributed by atoms with Gasteiger partial charge in [0.2, 0.25) is 5.91 Å². The van der Waals surface area contributed by atoms with E-state index in [1.54, 1.807) is 11.3 Å². The van der Waals surface area contributed by atoms with Crippen LogP contribution < -0.4 is 16.4 Å². The van der Waals surface area contributed by atoms with Gasteiger partial charge >= 0.3 is 0 Å². The van der Waals surface area contributed by atoms with Crippen LogP contribution >= 0.6 is 35.3 Å². The SMILES string of the molecule is I.NC(=NCCCC(=O)NC1CC1)NCCc1cccs1. The second-order valence-electron chi connectivity index (χ2n) is 4.97. The van der Waals surface area contributed by atoms with E-state index < -0.39 is 0 Å². The highest BCUT2D eigenvalue weighted by Gasteiger charge is 2.22. The largest absolute Gasteiger partial charge is 0.370 e. The summed E-state index contributed by atoms with van der Waals surface area (Å²) in [7, 11) is 0. The Labute approximate surface area is 146 Å². The molecule has 118 valence electrons. The van der Waals surface area contributed by atoms with E-state index in [1.807, 2.05) is 6.07 Å². The van der Waals surface area contributed by atoms with Crippen molar-refractivity contribution in [1.29, 1.82) is 0 Å². The summed E-state index contributed by atoms with van der Waals surface area (Å²) in [4.78, 5) is 17.0.